The number of ether oxygens (including phenoxy) is 1. The summed E-state index contributed by atoms with van der Waals surface area (Å²) in [6, 6.07) is 25.5. The Kier molecular flexibility index (Phi) is 18.9. The van der Waals surface area contributed by atoms with Crippen LogP contribution < -0.4 is 38.5 Å². The van der Waals surface area contributed by atoms with Gasteiger partial charge in [-0.2, -0.15) is 0 Å². The SMILES string of the molecule is C.C.CB(OCCNCCN)c1ccc(COCc2ccc(B(OCCNCCN)c3ccc(C)cc3)cc2)cc1. The Morgan fingerprint density at radius 2 is 1.05 bits per heavy atom. The molecule has 3 rings (SSSR count). The predicted octanol–water partition coefficient (Wildman–Crippen LogP) is 2.05. The molecule has 3 aromatic carbocycles. The van der Waals surface area contributed by atoms with Crippen molar-refractivity contribution < 1.29 is 14.0 Å². The fourth-order valence-electron chi connectivity index (χ4n) is 4.19. The monoisotopic (exact) mass is 562 g/mol. The summed E-state index contributed by atoms with van der Waals surface area (Å²) in [4.78, 5) is 0. The first-order valence-electron chi connectivity index (χ1n) is 14.0. The summed E-state index contributed by atoms with van der Waals surface area (Å²) in [5.41, 5.74) is 18.0. The summed E-state index contributed by atoms with van der Waals surface area (Å²) in [5, 5.41) is 6.53. The van der Waals surface area contributed by atoms with Crippen molar-refractivity contribution in [3.63, 3.8) is 0 Å². The molecule has 41 heavy (non-hydrogen) atoms. The van der Waals surface area contributed by atoms with Gasteiger partial charge in [-0.3, -0.25) is 0 Å². The van der Waals surface area contributed by atoms with Crippen LogP contribution in [-0.4, -0.2) is 66.3 Å². The second-order valence-electron chi connectivity index (χ2n) is 9.73. The lowest BCUT2D eigenvalue weighted by atomic mass is 9.55. The molecule has 0 atom stereocenters. The first kappa shape index (κ1) is 36.5. The molecule has 6 N–H and O–H groups in total. The van der Waals surface area contributed by atoms with Crippen molar-refractivity contribution in [1.82, 2.24) is 10.6 Å². The highest BCUT2D eigenvalue weighted by atomic mass is 16.5. The molecule has 0 amide bonds. The van der Waals surface area contributed by atoms with Gasteiger partial charge in [-0.1, -0.05) is 100 Å². The van der Waals surface area contributed by atoms with Crippen molar-refractivity contribution in [2.24, 2.45) is 11.5 Å². The molecule has 0 saturated heterocycles. The van der Waals surface area contributed by atoms with Gasteiger partial charge in [-0.05, 0) is 34.4 Å². The van der Waals surface area contributed by atoms with E-state index in [0.717, 1.165) is 53.7 Å². The van der Waals surface area contributed by atoms with Crippen molar-refractivity contribution in [3.8, 4) is 0 Å². The first-order valence-corrected chi connectivity index (χ1v) is 14.0. The molecule has 0 aliphatic heterocycles. The smallest absolute Gasteiger partial charge is 0.361 e. The van der Waals surface area contributed by atoms with Gasteiger partial charge in [-0.25, -0.2) is 0 Å². The van der Waals surface area contributed by atoms with Crippen LogP contribution in [0.5, 0.6) is 0 Å². The molecule has 0 aliphatic carbocycles. The number of hydrogen-bond donors (Lipinski definition) is 4. The van der Waals surface area contributed by atoms with E-state index in [0.29, 0.717) is 39.5 Å². The summed E-state index contributed by atoms with van der Waals surface area (Å²) in [5.74, 6) is 0. The molecular formula is C32H52B2N4O3. The molecule has 7 nitrogen and oxygen atoms in total. The lowest BCUT2D eigenvalue weighted by Crippen LogP contribution is -2.46. The number of hydrogen-bond acceptors (Lipinski definition) is 7. The molecule has 0 radical (unpaired) electrons. The molecular weight excluding hydrogens is 510 g/mol. The molecule has 0 saturated carbocycles. The van der Waals surface area contributed by atoms with E-state index in [-0.39, 0.29) is 28.7 Å². The summed E-state index contributed by atoms with van der Waals surface area (Å²) >= 11 is 0. The zero-order chi connectivity index (χ0) is 27.7. The zero-order valence-corrected chi connectivity index (χ0v) is 23.5. The summed E-state index contributed by atoms with van der Waals surface area (Å²) in [7, 11) is 0. The summed E-state index contributed by atoms with van der Waals surface area (Å²) in [6.07, 6.45) is 0. The van der Waals surface area contributed by atoms with Crippen LogP contribution in [0, 0.1) is 6.92 Å². The Morgan fingerprint density at radius 1 is 0.610 bits per heavy atom. The molecule has 0 aliphatic rings. The van der Waals surface area contributed by atoms with Gasteiger partial charge in [0.15, 0.2) is 0 Å². The average Bonchev–Trinajstić information content (AvgIpc) is 2.96. The maximum Gasteiger partial charge on any atom is 0.361 e. The van der Waals surface area contributed by atoms with Crippen LogP contribution in [0.1, 0.15) is 31.5 Å². The van der Waals surface area contributed by atoms with Gasteiger partial charge in [0.1, 0.15) is 0 Å². The average molecular weight is 562 g/mol. The number of benzene rings is 3. The largest absolute Gasteiger partial charge is 0.430 e. The van der Waals surface area contributed by atoms with E-state index in [2.05, 4.69) is 97.2 Å². The van der Waals surface area contributed by atoms with E-state index in [4.69, 9.17) is 25.5 Å². The van der Waals surface area contributed by atoms with Crippen LogP contribution in [0.3, 0.4) is 0 Å². The minimum atomic E-state index is -0.118. The Hall–Kier alpha value is -2.49. The van der Waals surface area contributed by atoms with Crippen molar-refractivity contribution in [1.29, 1.82) is 0 Å². The highest BCUT2D eigenvalue weighted by Gasteiger charge is 2.21. The van der Waals surface area contributed by atoms with E-state index in [9.17, 15) is 0 Å². The van der Waals surface area contributed by atoms with Gasteiger partial charge in [0.05, 0.1) is 13.2 Å². The second kappa shape index (κ2) is 21.2. The van der Waals surface area contributed by atoms with Crippen LogP contribution in [0.25, 0.3) is 0 Å². The molecule has 0 aromatic heterocycles. The van der Waals surface area contributed by atoms with Crippen LogP contribution in [-0.2, 0) is 27.3 Å². The Labute approximate surface area is 250 Å². The van der Waals surface area contributed by atoms with Gasteiger partial charge >= 0.3 is 13.8 Å². The van der Waals surface area contributed by atoms with Crippen molar-refractivity contribution in [2.45, 2.75) is 41.8 Å². The number of rotatable bonds is 19. The lowest BCUT2D eigenvalue weighted by Gasteiger charge is -2.16. The normalized spacial score (nSPS) is 10.5. The van der Waals surface area contributed by atoms with Crippen LogP contribution >= 0.6 is 0 Å². The van der Waals surface area contributed by atoms with Gasteiger partial charge in [0.25, 0.3) is 0 Å². The third-order valence-electron chi connectivity index (χ3n) is 6.50. The molecule has 3 aromatic rings. The van der Waals surface area contributed by atoms with E-state index in [1.165, 1.54) is 5.56 Å². The van der Waals surface area contributed by atoms with E-state index >= 15 is 0 Å². The quantitative estimate of drug-likeness (QED) is 0.131. The zero-order valence-electron chi connectivity index (χ0n) is 23.5. The Bertz CT molecular complexity index is 1050. The van der Waals surface area contributed by atoms with Crippen LogP contribution in [0.15, 0.2) is 72.8 Å². The minimum absolute atomic E-state index is 0. The third-order valence-corrected chi connectivity index (χ3v) is 6.50. The van der Waals surface area contributed by atoms with E-state index in [1.54, 1.807) is 0 Å². The van der Waals surface area contributed by atoms with E-state index < -0.39 is 0 Å². The van der Waals surface area contributed by atoms with Crippen LogP contribution in [0.2, 0.25) is 6.82 Å². The highest BCUT2D eigenvalue weighted by molar-refractivity contribution is 6.80. The molecule has 0 unspecified atom stereocenters. The Balaban J connectivity index is 0.00000420. The number of nitrogens with one attached hydrogen (secondary N) is 2. The molecule has 0 spiro atoms. The fraction of sp³-hybridized carbons (Fsp3) is 0.438. The number of nitrogens with two attached hydrogens (primary N) is 2. The van der Waals surface area contributed by atoms with Gasteiger partial charge < -0.3 is 36.1 Å². The number of aryl methyl sites for hydroxylation is 1. The molecule has 0 fully saturated rings. The van der Waals surface area contributed by atoms with Gasteiger partial charge in [-0.15, -0.1) is 0 Å². The van der Waals surface area contributed by atoms with Gasteiger partial charge in [0, 0.05) is 52.5 Å². The maximum atomic E-state index is 6.29. The standard InChI is InChI=1S/C30H44B2N4O3.2CH4/c1-25-3-9-29(10-4-25)32(39-22-20-36-18-16-34)30-13-7-27(8-14-30)24-37-23-26-5-11-28(12-6-26)31(2)38-21-19-35-17-15-33;;/h3-14,35-36H,15-24,33-34H2,1-2H3;2*1H4. The topological polar surface area (TPSA) is 104 Å². The molecule has 224 valence electrons. The second-order valence-corrected chi connectivity index (χ2v) is 9.73. The molecule has 0 bridgehead atoms. The minimum Gasteiger partial charge on any atom is -0.430 e. The van der Waals surface area contributed by atoms with Crippen molar-refractivity contribution >= 4 is 30.2 Å². The van der Waals surface area contributed by atoms with Crippen LogP contribution in [0.4, 0.5) is 0 Å². The summed E-state index contributed by atoms with van der Waals surface area (Å²) in [6.45, 7) is 10.9. The van der Waals surface area contributed by atoms with Crippen molar-refractivity contribution in [3.05, 3.63) is 89.5 Å². The third kappa shape index (κ3) is 13.4. The fourth-order valence-corrected chi connectivity index (χ4v) is 4.19. The first-order chi connectivity index (χ1) is 19.1. The summed E-state index contributed by atoms with van der Waals surface area (Å²) < 4.78 is 18.2. The molecule has 0 heterocycles. The lowest BCUT2D eigenvalue weighted by molar-refractivity contribution is 0.107. The molecule has 9 heteroatoms. The van der Waals surface area contributed by atoms with E-state index in [1.807, 2.05) is 0 Å². The van der Waals surface area contributed by atoms with Gasteiger partial charge in [0.2, 0.25) is 0 Å². The predicted molar refractivity (Wildman–Crippen MR) is 178 cm³/mol. The maximum absolute atomic E-state index is 6.29. The van der Waals surface area contributed by atoms with Crippen molar-refractivity contribution in [2.75, 3.05) is 52.5 Å². The Morgan fingerprint density at radius 3 is 1.54 bits per heavy atom. The highest BCUT2D eigenvalue weighted by Crippen LogP contribution is 2.07.